The van der Waals surface area contributed by atoms with Gasteiger partial charge >= 0.3 is 5.97 Å². The molecule has 1 amide bonds. The lowest BCUT2D eigenvalue weighted by atomic mass is 9.86. The molecule has 5 heteroatoms. The van der Waals surface area contributed by atoms with Crippen LogP contribution in [0.4, 0.5) is 0 Å². The summed E-state index contributed by atoms with van der Waals surface area (Å²) in [6, 6.07) is 25.2. The SMILES string of the molecule is O=C(COC(=O)C(O)(c1ccccc1)c1ccccc1)N[C@H]1CCCc2ccccc21. The van der Waals surface area contributed by atoms with Crippen molar-refractivity contribution in [2.24, 2.45) is 0 Å². The van der Waals surface area contributed by atoms with Crippen molar-refractivity contribution in [1.82, 2.24) is 5.32 Å². The molecule has 0 spiro atoms. The maximum atomic E-state index is 13.0. The maximum Gasteiger partial charge on any atom is 0.348 e. The van der Waals surface area contributed by atoms with E-state index in [1.807, 2.05) is 18.2 Å². The molecule has 31 heavy (non-hydrogen) atoms. The number of aliphatic hydroxyl groups is 1. The number of benzene rings is 3. The molecule has 1 aliphatic carbocycles. The Hall–Kier alpha value is -3.44. The van der Waals surface area contributed by atoms with E-state index in [0.717, 1.165) is 24.8 Å². The molecule has 3 aromatic rings. The van der Waals surface area contributed by atoms with Crippen molar-refractivity contribution >= 4 is 11.9 Å². The zero-order valence-corrected chi connectivity index (χ0v) is 17.2. The van der Waals surface area contributed by atoms with E-state index in [-0.39, 0.29) is 6.04 Å². The summed E-state index contributed by atoms with van der Waals surface area (Å²) in [6.07, 6.45) is 2.83. The number of nitrogens with one attached hydrogen (secondary N) is 1. The summed E-state index contributed by atoms with van der Waals surface area (Å²) in [5, 5.41) is 14.3. The lowest BCUT2D eigenvalue weighted by Gasteiger charge is -2.28. The molecule has 0 aliphatic heterocycles. The summed E-state index contributed by atoms with van der Waals surface area (Å²) in [7, 11) is 0. The van der Waals surface area contributed by atoms with Gasteiger partial charge in [0.15, 0.2) is 6.61 Å². The second kappa shape index (κ2) is 9.14. The molecule has 158 valence electrons. The zero-order chi connectivity index (χ0) is 21.7. The van der Waals surface area contributed by atoms with Crippen molar-refractivity contribution < 1.29 is 19.4 Å². The molecule has 0 aromatic heterocycles. The third kappa shape index (κ3) is 4.37. The topological polar surface area (TPSA) is 75.6 Å². The first-order valence-corrected chi connectivity index (χ1v) is 10.5. The predicted octanol–water partition coefficient (Wildman–Crippen LogP) is 3.66. The Kier molecular flexibility index (Phi) is 6.14. The van der Waals surface area contributed by atoms with Gasteiger partial charge in [-0.05, 0) is 41.5 Å². The van der Waals surface area contributed by atoms with E-state index in [1.165, 1.54) is 5.56 Å². The van der Waals surface area contributed by atoms with E-state index in [4.69, 9.17) is 4.74 Å². The van der Waals surface area contributed by atoms with E-state index in [1.54, 1.807) is 60.7 Å². The molecule has 0 saturated carbocycles. The van der Waals surface area contributed by atoms with Crippen molar-refractivity contribution in [1.29, 1.82) is 0 Å². The summed E-state index contributed by atoms with van der Waals surface area (Å²) in [6.45, 7) is -0.459. The number of carbonyl (C=O) groups excluding carboxylic acids is 2. The predicted molar refractivity (Wildman–Crippen MR) is 117 cm³/mol. The van der Waals surface area contributed by atoms with Crippen LogP contribution in [0.2, 0.25) is 0 Å². The Morgan fingerprint density at radius 1 is 0.903 bits per heavy atom. The van der Waals surface area contributed by atoms with Gasteiger partial charge in [-0.3, -0.25) is 4.79 Å². The molecule has 2 N–H and O–H groups in total. The Labute approximate surface area is 181 Å². The van der Waals surface area contributed by atoms with Gasteiger partial charge in [-0.15, -0.1) is 0 Å². The highest BCUT2D eigenvalue weighted by Gasteiger charge is 2.42. The second-order valence-electron chi connectivity index (χ2n) is 7.73. The van der Waals surface area contributed by atoms with E-state index in [9.17, 15) is 14.7 Å². The average molecular weight is 415 g/mol. The minimum absolute atomic E-state index is 0.0988. The van der Waals surface area contributed by atoms with Gasteiger partial charge in [0.1, 0.15) is 0 Å². The second-order valence-corrected chi connectivity index (χ2v) is 7.73. The van der Waals surface area contributed by atoms with Crippen LogP contribution < -0.4 is 5.32 Å². The maximum absolute atomic E-state index is 13.0. The number of rotatable bonds is 6. The number of ether oxygens (including phenoxy) is 1. The third-order valence-corrected chi connectivity index (χ3v) is 5.72. The number of esters is 1. The molecule has 0 radical (unpaired) electrons. The van der Waals surface area contributed by atoms with E-state index in [0.29, 0.717) is 11.1 Å². The van der Waals surface area contributed by atoms with Crippen molar-refractivity contribution in [2.75, 3.05) is 6.61 Å². The lowest BCUT2D eigenvalue weighted by Crippen LogP contribution is -2.41. The molecule has 3 aromatic carbocycles. The number of hydrogen-bond donors (Lipinski definition) is 2. The van der Waals surface area contributed by atoms with Crippen LogP contribution in [-0.2, 0) is 26.3 Å². The van der Waals surface area contributed by atoms with Crippen LogP contribution in [-0.4, -0.2) is 23.6 Å². The molecule has 4 rings (SSSR count). The zero-order valence-electron chi connectivity index (χ0n) is 17.2. The number of aryl methyl sites for hydroxylation is 1. The number of fused-ring (bicyclic) bond motifs is 1. The molecular weight excluding hydrogens is 390 g/mol. The molecule has 5 nitrogen and oxygen atoms in total. The van der Waals surface area contributed by atoms with Gasteiger partial charge in [0.05, 0.1) is 6.04 Å². The number of carbonyl (C=O) groups is 2. The molecule has 0 heterocycles. The molecule has 1 aliphatic rings. The molecule has 0 bridgehead atoms. The first kappa shape index (κ1) is 20.8. The minimum atomic E-state index is -2.00. The first-order valence-electron chi connectivity index (χ1n) is 10.5. The van der Waals surface area contributed by atoms with Crippen molar-refractivity contribution in [3.8, 4) is 0 Å². The van der Waals surface area contributed by atoms with Gasteiger partial charge in [-0.25, -0.2) is 4.79 Å². The summed E-state index contributed by atoms with van der Waals surface area (Å²) in [4.78, 5) is 25.6. The van der Waals surface area contributed by atoms with Gasteiger partial charge in [-0.1, -0.05) is 84.9 Å². The Morgan fingerprint density at radius 3 is 2.13 bits per heavy atom. The van der Waals surface area contributed by atoms with E-state index >= 15 is 0 Å². The fraction of sp³-hybridized carbons (Fsp3) is 0.231. The number of hydrogen-bond acceptors (Lipinski definition) is 4. The van der Waals surface area contributed by atoms with Crippen LogP contribution in [0.1, 0.15) is 41.1 Å². The van der Waals surface area contributed by atoms with Gasteiger partial charge in [0.25, 0.3) is 5.91 Å². The minimum Gasteiger partial charge on any atom is -0.453 e. The van der Waals surface area contributed by atoms with Gasteiger partial charge < -0.3 is 15.2 Å². The molecule has 0 unspecified atom stereocenters. The average Bonchev–Trinajstić information content (AvgIpc) is 2.83. The standard InChI is InChI=1S/C26H25NO4/c28-24(27-23-17-9-11-19-10-7-8-16-22(19)23)18-31-25(29)26(30,20-12-3-1-4-13-20)21-14-5-2-6-15-21/h1-8,10,12-16,23,30H,9,11,17-18H2,(H,27,28)/t23-/m0/s1. The first-order chi connectivity index (χ1) is 15.1. The van der Waals surface area contributed by atoms with Crippen LogP contribution >= 0.6 is 0 Å². The van der Waals surface area contributed by atoms with Gasteiger partial charge in [0, 0.05) is 0 Å². The summed E-state index contributed by atoms with van der Waals surface area (Å²) in [5.41, 5.74) is 1.11. The summed E-state index contributed by atoms with van der Waals surface area (Å²) in [5.74, 6) is -1.28. The van der Waals surface area contributed by atoms with Crippen molar-refractivity contribution in [3.05, 3.63) is 107 Å². The quantitative estimate of drug-likeness (QED) is 0.603. The summed E-state index contributed by atoms with van der Waals surface area (Å²) >= 11 is 0. The van der Waals surface area contributed by atoms with Crippen molar-refractivity contribution in [2.45, 2.75) is 30.9 Å². The largest absolute Gasteiger partial charge is 0.453 e. The van der Waals surface area contributed by atoms with Gasteiger partial charge in [-0.2, -0.15) is 0 Å². The fourth-order valence-electron chi connectivity index (χ4n) is 4.14. The van der Waals surface area contributed by atoms with Crippen LogP contribution in [0.3, 0.4) is 0 Å². The van der Waals surface area contributed by atoms with Crippen LogP contribution in [0.25, 0.3) is 0 Å². The highest BCUT2D eigenvalue weighted by molar-refractivity contribution is 5.88. The number of amides is 1. The highest BCUT2D eigenvalue weighted by atomic mass is 16.6. The lowest BCUT2D eigenvalue weighted by molar-refractivity contribution is -0.164. The Morgan fingerprint density at radius 2 is 1.48 bits per heavy atom. The highest BCUT2D eigenvalue weighted by Crippen LogP contribution is 2.31. The van der Waals surface area contributed by atoms with Crippen molar-refractivity contribution in [3.63, 3.8) is 0 Å². The fourth-order valence-corrected chi connectivity index (χ4v) is 4.14. The van der Waals surface area contributed by atoms with Crippen LogP contribution in [0.15, 0.2) is 84.9 Å². The molecule has 1 atom stereocenters. The van der Waals surface area contributed by atoms with E-state index in [2.05, 4.69) is 11.4 Å². The Bertz CT molecular complexity index is 1010. The molecule has 0 saturated heterocycles. The monoisotopic (exact) mass is 415 g/mol. The van der Waals surface area contributed by atoms with Gasteiger partial charge in [0.2, 0.25) is 5.60 Å². The molecular formula is C26H25NO4. The summed E-state index contributed by atoms with van der Waals surface area (Å²) < 4.78 is 5.31. The van der Waals surface area contributed by atoms with Crippen LogP contribution in [0.5, 0.6) is 0 Å². The Balaban J connectivity index is 1.47. The van der Waals surface area contributed by atoms with E-state index < -0.39 is 24.1 Å². The van der Waals surface area contributed by atoms with Crippen LogP contribution in [0, 0.1) is 0 Å². The normalized spacial score (nSPS) is 15.6. The smallest absolute Gasteiger partial charge is 0.348 e. The molecule has 0 fully saturated rings. The third-order valence-electron chi connectivity index (χ3n) is 5.72.